The van der Waals surface area contributed by atoms with Crippen molar-refractivity contribution >= 4 is 15.7 Å². The van der Waals surface area contributed by atoms with E-state index >= 15 is 0 Å². The van der Waals surface area contributed by atoms with Crippen LogP contribution in [0, 0.1) is 0 Å². The number of sulfonamides is 1. The molecular formula is C15H24N2O3S. The number of ether oxygens (including phenoxy) is 1. The first-order valence-corrected chi connectivity index (χ1v) is 8.87. The number of anilines is 1. The molecule has 0 saturated carbocycles. The quantitative estimate of drug-likeness (QED) is 0.846. The van der Waals surface area contributed by atoms with E-state index < -0.39 is 10.0 Å². The molecule has 2 N–H and O–H groups in total. The van der Waals surface area contributed by atoms with Crippen LogP contribution in [0.15, 0.2) is 29.2 Å². The molecule has 1 aromatic carbocycles. The van der Waals surface area contributed by atoms with E-state index in [0.29, 0.717) is 0 Å². The first-order valence-electron chi connectivity index (χ1n) is 7.39. The fourth-order valence-electron chi connectivity index (χ4n) is 2.46. The summed E-state index contributed by atoms with van der Waals surface area (Å²) in [6.45, 7) is 6.52. The third-order valence-electron chi connectivity index (χ3n) is 3.47. The molecule has 6 heteroatoms. The molecule has 2 unspecified atom stereocenters. The smallest absolute Gasteiger partial charge is 0.240 e. The first-order chi connectivity index (χ1) is 9.88. The largest absolute Gasteiger partial charge is 0.380 e. The van der Waals surface area contributed by atoms with Crippen molar-refractivity contribution < 1.29 is 13.2 Å². The molecule has 21 heavy (non-hydrogen) atoms. The van der Waals surface area contributed by atoms with Crippen LogP contribution < -0.4 is 10.0 Å². The maximum atomic E-state index is 12.0. The lowest BCUT2D eigenvalue weighted by atomic mass is 10.1. The second kappa shape index (κ2) is 6.77. The molecule has 0 bridgehead atoms. The summed E-state index contributed by atoms with van der Waals surface area (Å²) in [5.74, 6) is 0. The average molecular weight is 312 g/mol. The van der Waals surface area contributed by atoms with Gasteiger partial charge in [-0.15, -0.1) is 0 Å². The molecule has 0 spiro atoms. The highest BCUT2D eigenvalue weighted by molar-refractivity contribution is 7.89. The summed E-state index contributed by atoms with van der Waals surface area (Å²) in [6.07, 6.45) is 2.41. The molecule has 0 amide bonds. The minimum atomic E-state index is -3.42. The Labute approximate surface area is 127 Å². The fraction of sp³-hybridized carbons (Fsp3) is 0.600. The maximum Gasteiger partial charge on any atom is 0.240 e. The van der Waals surface area contributed by atoms with Gasteiger partial charge in [-0.25, -0.2) is 13.1 Å². The summed E-state index contributed by atoms with van der Waals surface area (Å²) in [5, 5.41) is 3.36. The van der Waals surface area contributed by atoms with Crippen molar-refractivity contribution in [3.63, 3.8) is 0 Å². The normalized spacial score (nSPS) is 20.7. The summed E-state index contributed by atoms with van der Waals surface area (Å²) in [6, 6.07) is 6.92. The van der Waals surface area contributed by atoms with Gasteiger partial charge in [0.2, 0.25) is 10.0 Å². The van der Waals surface area contributed by atoms with Crippen molar-refractivity contribution in [1.29, 1.82) is 0 Å². The number of hydrogen-bond donors (Lipinski definition) is 2. The van der Waals surface area contributed by atoms with E-state index in [1.165, 1.54) is 0 Å². The first kappa shape index (κ1) is 16.3. The SMILES string of the molecule is CC(C)NS(=O)(=O)c1ccc(NC(C)C2CCCO2)cc1. The predicted molar refractivity (Wildman–Crippen MR) is 84.0 cm³/mol. The van der Waals surface area contributed by atoms with E-state index in [9.17, 15) is 8.42 Å². The van der Waals surface area contributed by atoms with Gasteiger partial charge in [0.15, 0.2) is 0 Å². The molecule has 0 aliphatic carbocycles. The zero-order valence-corrected chi connectivity index (χ0v) is 13.6. The molecule has 1 aliphatic heterocycles. The van der Waals surface area contributed by atoms with Crippen molar-refractivity contribution in [3.8, 4) is 0 Å². The highest BCUT2D eigenvalue weighted by Crippen LogP contribution is 2.20. The van der Waals surface area contributed by atoms with E-state index in [-0.39, 0.29) is 23.1 Å². The van der Waals surface area contributed by atoms with Crippen LogP contribution in [0.5, 0.6) is 0 Å². The molecule has 1 saturated heterocycles. The molecule has 2 rings (SSSR count). The van der Waals surface area contributed by atoms with Crippen LogP contribution in [0.4, 0.5) is 5.69 Å². The number of benzene rings is 1. The van der Waals surface area contributed by atoms with Crippen LogP contribution in [-0.4, -0.2) is 33.2 Å². The highest BCUT2D eigenvalue weighted by Gasteiger charge is 2.22. The third kappa shape index (κ3) is 4.43. The molecule has 2 atom stereocenters. The second-order valence-electron chi connectivity index (χ2n) is 5.78. The molecule has 5 nitrogen and oxygen atoms in total. The van der Waals surface area contributed by atoms with Gasteiger partial charge in [-0.3, -0.25) is 0 Å². The van der Waals surface area contributed by atoms with Crippen molar-refractivity contribution in [1.82, 2.24) is 4.72 Å². The van der Waals surface area contributed by atoms with Crippen molar-refractivity contribution in [2.45, 2.75) is 56.7 Å². The van der Waals surface area contributed by atoms with Crippen molar-refractivity contribution in [3.05, 3.63) is 24.3 Å². The van der Waals surface area contributed by atoms with E-state index in [1.54, 1.807) is 38.1 Å². The van der Waals surface area contributed by atoms with Crippen molar-refractivity contribution in [2.75, 3.05) is 11.9 Å². The van der Waals surface area contributed by atoms with Gasteiger partial charge in [0, 0.05) is 24.4 Å². The Morgan fingerprint density at radius 3 is 2.38 bits per heavy atom. The molecule has 0 aromatic heterocycles. The minimum Gasteiger partial charge on any atom is -0.380 e. The van der Waals surface area contributed by atoms with Gasteiger partial charge in [0.25, 0.3) is 0 Å². The summed E-state index contributed by atoms with van der Waals surface area (Å²) in [7, 11) is -3.42. The van der Waals surface area contributed by atoms with Gasteiger partial charge >= 0.3 is 0 Å². The standard InChI is InChI=1S/C15H24N2O3S/c1-11(2)17-21(18,19)14-8-6-13(7-9-14)16-12(3)15-5-4-10-20-15/h6-9,11-12,15-17H,4-5,10H2,1-3H3. The van der Waals surface area contributed by atoms with Crippen LogP contribution >= 0.6 is 0 Å². The monoisotopic (exact) mass is 312 g/mol. The van der Waals surface area contributed by atoms with E-state index in [4.69, 9.17) is 4.74 Å². The number of rotatable bonds is 6. The van der Waals surface area contributed by atoms with Crippen LogP contribution in [-0.2, 0) is 14.8 Å². The van der Waals surface area contributed by atoms with Crippen LogP contribution in [0.25, 0.3) is 0 Å². The van der Waals surface area contributed by atoms with Crippen molar-refractivity contribution in [2.24, 2.45) is 0 Å². The zero-order chi connectivity index (χ0) is 15.5. The summed E-state index contributed by atoms with van der Waals surface area (Å²) in [5.41, 5.74) is 0.904. The Morgan fingerprint density at radius 1 is 1.19 bits per heavy atom. The molecule has 1 heterocycles. The molecule has 118 valence electrons. The summed E-state index contributed by atoms with van der Waals surface area (Å²) < 4.78 is 32.3. The second-order valence-corrected chi connectivity index (χ2v) is 7.50. The Hall–Kier alpha value is -1.11. The van der Waals surface area contributed by atoms with Gasteiger partial charge in [0.05, 0.1) is 11.0 Å². The Morgan fingerprint density at radius 2 is 1.86 bits per heavy atom. The molecule has 1 fully saturated rings. The average Bonchev–Trinajstić information content (AvgIpc) is 2.91. The van der Waals surface area contributed by atoms with Gasteiger partial charge in [-0.1, -0.05) is 0 Å². The van der Waals surface area contributed by atoms with Crippen LogP contribution in [0.1, 0.15) is 33.6 Å². The molecule has 1 aromatic rings. The lowest BCUT2D eigenvalue weighted by molar-refractivity contribution is 0.0996. The Bertz CT molecular complexity index is 549. The Kier molecular flexibility index (Phi) is 5.24. The van der Waals surface area contributed by atoms with E-state index in [0.717, 1.165) is 25.1 Å². The van der Waals surface area contributed by atoms with Crippen LogP contribution in [0.3, 0.4) is 0 Å². The van der Waals surface area contributed by atoms with E-state index in [1.807, 2.05) is 0 Å². The molecular weight excluding hydrogens is 288 g/mol. The van der Waals surface area contributed by atoms with Gasteiger partial charge in [-0.05, 0) is 57.9 Å². The lowest BCUT2D eigenvalue weighted by Gasteiger charge is -2.21. The topological polar surface area (TPSA) is 67.4 Å². The van der Waals surface area contributed by atoms with Crippen LogP contribution in [0.2, 0.25) is 0 Å². The Balaban J connectivity index is 2.01. The zero-order valence-electron chi connectivity index (χ0n) is 12.8. The lowest BCUT2D eigenvalue weighted by Crippen LogP contribution is -2.31. The summed E-state index contributed by atoms with van der Waals surface area (Å²) in [4.78, 5) is 0.284. The summed E-state index contributed by atoms with van der Waals surface area (Å²) >= 11 is 0. The van der Waals surface area contributed by atoms with Gasteiger partial charge in [0.1, 0.15) is 0 Å². The maximum absolute atomic E-state index is 12.0. The minimum absolute atomic E-state index is 0.118. The number of hydrogen-bond acceptors (Lipinski definition) is 4. The molecule has 0 radical (unpaired) electrons. The highest BCUT2D eigenvalue weighted by atomic mass is 32.2. The van der Waals surface area contributed by atoms with E-state index in [2.05, 4.69) is 17.0 Å². The molecule has 1 aliphatic rings. The fourth-order valence-corrected chi connectivity index (χ4v) is 3.71. The third-order valence-corrected chi connectivity index (χ3v) is 5.15. The van der Waals surface area contributed by atoms with Gasteiger partial charge in [-0.2, -0.15) is 0 Å². The van der Waals surface area contributed by atoms with Gasteiger partial charge < -0.3 is 10.1 Å². The predicted octanol–water partition coefficient (Wildman–Crippen LogP) is 2.35. The number of nitrogens with one attached hydrogen (secondary N) is 2.